The monoisotopic (exact) mass is 548 g/mol. The number of hydrogen-bond acceptors (Lipinski definition) is 5. The third kappa shape index (κ3) is 4.86. The summed E-state index contributed by atoms with van der Waals surface area (Å²) in [6.07, 6.45) is 3.53. The van der Waals surface area contributed by atoms with Crippen molar-refractivity contribution in [1.29, 1.82) is 5.26 Å². The molecule has 7 heteroatoms. The summed E-state index contributed by atoms with van der Waals surface area (Å²) < 4.78 is 6.36. The number of piperidine rings is 2. The van der Waals surface area contributed by atoms with Gasteiger partial charge in [-0.1, -0.05) is 56.3 Å². The van der Waals surface area contributed by atoms with Crippen LogP contribution in [-0.2, 0) is 5.41 Å². The van der Waals surface area contributed by atoms with E-state index in [1.54, 1.807) is 17.2 Å². The molecule has 2 unspecified atom stereocenters. The van der Waals surface area contributed by atoms with E-state index >= 15 is 0 Å². The third-order valence-electron chi connectivity index (χ3n) is 9.23. The van der Waals surface area contributed by atoms with Crippen LogP contribution in [0.15, 0.2) is 60.8 Å². The Morgan fingerprint density at radius 3 is 2.49 bits per heavy atom. The molecule has 0 spiro atoms. The van der Waals surface area contributed by atoms with E-state index in [0.717, 1.165) is 23.3 Å². The fraction of sp³-hybridized carbons (Fsp3) is 0.412. The van der Waals surface area contributed by atoms with Crippen LogP contribution in [0.3, 0.4) is 0 Å². The van der Waals surface area contributed by atoms with Crippen LogP contribution in [0.1, 0.15) is 88.0 Å². The number of nitrogens with zero attached hydrogens (tertiary/aromatic N) is 4. The topological polar surface area (TPSA) is 86.5 Å². The minimum Gasteiger partial charge on any atom is -0.488 e. The number of fused-ring (bicyclic) bond motifs is 3. The Hall–Kier alpha value is -4.18. The van der Waals surface area contributed by atoms with E-state index in [2.05, 4.69) is 43.1 Å². The lowest BCUT2D eigenvalue weighted by Gasteiger charge is -2.37. The molecule has 2 fully saturated rings. The first-order chi connectivity index (χ1) is 19.8. The van der Waals surface area contributed by atoms with Crippen molar-refractivity contribution in [3.05, 3.63) is 94.3 Å². The Morgan fingerprint density at radius 2 is 1.78 bits per heavy atom. The number of rotatable bonds is 4. The molecule has 2 amide bonds. The molecule has 0 saturated carbocycles. The van der Waals surface area contributed by atoms with E-state index in [1.807, 2.05) is 42.2 Å². The minimum atomic E-state index is -0.593. The summed E-state index contributed by atoms with van der Waals surface area (Å²) in [5.41, 5.74) is 4.42. The maximum absolute atomic E-state index is 13.7. The molecule has 41 heavy (non-hydrogen) atoms. The van der Waals surface area contributed by atoms with Crippen molar-refractivity contribution in [3.63, 3.8) is 0 Å². The van der Waals surface area contributed by atoms with Crippen LogP contribution >= 0.6 is 0 Å². The SMILES string of the molecule is Cc1cnc(C(=O)N2CCC(C#N)(c3ccccc3)CC2)cc1C(=O)N1CCC2c3ccc(C(C)C)cc3OC2C1. The Kier molecular flexibility index (Phi) is 7.03. The molecule has 1 aromatic heterocycles. The number of carbonyl (C=O) groups is 2. The van der Waals surface area contributed by atoms with Crippen LogP contribution < -0.4 is 4.74 Å². The minimum absolute atomic E-state index is 0.0632. The van der Waals surface area contributed by atoms with Crippen molar-refractivity contribution in [3.8, 4) is 11.8 Å². The highest BCUT2D eigenvalue weighted by molar-refractivity contribution is 5.99. The summed E-state index contributed by atoms with van der Waals surface area (Å²) in [7, 11) is 0. The molecule has 2 aromatic carbocycles. The van der Waals surface area contributed by atoms with E-state index in [4.69, 9.17) is 4.74 Å². The number of pyridine rings is 1. The van der Waals surface area contributed by atoms with Crippen LogP contribution in [0.2, 0.25) is 0 Å². The van der Waals surface area contributed by atoms with E-state index < -0.39 is 5.41 Å². The van der Waals surface area contributed by atoms with Crippen LogP contribution in [0.25, 0.3) is 0 Å². The van der Waals surface area contributed by atoms with Gasteiger partial charge in [0.2, 0.25) is 0 Å². The second-order valence-corrected chi connectivity index (χ2v) is 12.0. The van der Waals surface area contributed by atoms with Gasteiger partial charge in [-0.25, -0.2) is 0 Å². The summed E-state index contributed by atoms with van der Waals surface area (Å²) >= 11 is 0. The molecule has 4 heterocycles. The van der Waals surface area contributed by atoms with Gasteiger partial charge in [0, 0.05) is 42.9 Å². The molecule has 0 aliphatic carbocycles. The van der Waals surface area contributed by atoms with Gasteiger partial charge in [-0.05, 0) is 60.9 Å². The van der Waals surface area contributed by atoms with Crippen LogP contribution in [-0.4, -0.2) is 58.9 Å². The highest BCUT2D eigenvalue weighted by atomic mass is 16.5. The molecule has 0 radical (unpaired) electrons. The van der Waals surface area contributed by atoms with Crippen molar-refractivity contribution < 1.29 is 14.3 Å². The van der Waals surface area contributed by atoms with Crippen molar-refractivity contribution in [2.24, 2.45) is 0 Å². The number of carbonyl (C=O) groups excluding carboxylic acids is 2. The summed E-state index contributed by atoms with van der Waals surface area (Å²) in [5.74, 6) is 1.38. The van der Waals surface area contributed by atoms with Gasteiger partial charge >= 0.3 is 0 Å². The lowest BCUT2D eigenvalue weighted by atomic mass is 9.74. The summed E-state index contributed by atoms with van der Waals surface area (Å²) in [6.45, 7) is 8.30. The average Bonchev–Trinajstić information content (AvgIpc) is 3.38. The maximum atomic E-state index is 13.7. The second-order valence-electron chi connectivity index (χ2n) is 12.0. The number of amides is 2. The van der Waals surface area contributed by atoms with Crippen LogP contribution in [0.5, 0.6) is 5.75 Å². The largest absolute Gasteiger partial charge is 0.488 e. The molecule has 6 rings (SSSR count). The predicted molar refractivity (Wildman–Crippen MR) is 156 cm³/mol. The second kappa shape index (κ2) is 10.7. The number of benzene rings is 2. The molecule has 0 bridgehead atoms. The first-order valence-corrected chi connectivity index (χ1v) is 14.6. The number of nitriles is 1. The van der Waals surface area contributed by atoms with Gasteiger partial charge in [0.05, 0.1) is 18.0 Å². The standard InChI is InChI=1S/C34H36N4O3/c1-22(2)24-9-10-26-27-11-14-38(20-31(27)41-30(26)17-24)32(39)28-18-29(36-19-23(28)3)33(40)37-15-12-34(21-35,13-16-37)25-7-5-4-6-8-25/h4-10,17-19,22,27,31H,11-16,20H2,1-3H3. The molecule has 3 aliphatic heterocycles. The van der Waals surface area contributed by atoms with Crippen molar-refractivity contribution >= 4 is 11.8 Å². The van der Waals surface area contributed by atoms with Gasteiger partial charge in [-0.3, -0.25) is 14.6 Å². The lowest BCUT2D eigenvalue weighted by molar-refractivity contribution is 0.0543. The number of likely N-dealkylation sites (tertiary alicyclic amines) is 2. The molecule has 2 saturated heterocycles. The van der Waals surface area contributed by atoms with E-state index in [1.165, 1.54) is 11.1 Å². The number of hydrogen-bond donors (Lipinski definition) is 0. The van der Waals surface area contributed by atoms with Gasteiger partial charge in [0.15, 0.2) is 0 Å². The molecular weight excluding hydrogens is 512 g/mol. The molecule has 210 valence electrons. The molecular formula is C34H36N4O3. The first kappa shape index (κ1) is 27.0. The van der Waals surface area contributed by atoms with E-state index in [-0.39, 0.29) is 23.6 Å². The van der Waals surface area contributed by atoms with Gasteiger partial charge in [-0.2, -0.15) is 5.26 Å². The lowest BCUT2D eigenvalue weighted by Crippen LogP contribution is -2.46. The number of aromatic nitrogens is 1. The molecule has 2 atom stereocenters. The van der Waals surface area contributed by atoms with Crippen molar-refractivity contribution in [2.75, 3.05) is 26.2 Å². The molecule has 0 N–H and O–H groups in total. The maximum Gasteiger partial charge on any atom is 0.272 e. The zero-order valence-electron chi connectivity index (χ0n) is 24.0. The summed E-state index contributed by atoms with van der Waals surface area (Å²) in [5, 5.41) is 10.0. The van der Waals surface area contributed by atoms with Gasteiger partial charge in [-0.15, -0.1) is 0 Å². The predicted octanol–water partition coefficient (Wildman–Crippen LogP) is 5.60. The number of aryl methyl sites for hydroxylation is 1. The third-order valence-corrected chi connectivity index (χ3v) is 9.23. The number of ether oxygens (including phenoxy) is 1. The fourth-order valence-corrected chi connectivity index (χ4v) is 6.57. The Balaban J connectivity index is 1.14. The van der Waals surface area contributed by atoms with Crippen LogP contribution in [0.4, 0.5) is 0 Å². The quantitative estimate of drug-likeness (QED) is 0.424. The van der Waals surface area contributed by atoms with E-state index in [9.17, 15) is 14.9 Å². The average molecular weight is 549 g/mol. The molecule has 3 aromatic rings. The summed E-state index contributed by atoms with van der Waals surface area (Å²) in [4.78, 5) is 35.2. The fourth-order valence-electron chi connectivity index (χ4n) is 6.57. The Bertz CT molecular complexity index is 1520. The normalized spacial score (nSPS) is 21.0. The molecule has 3 aliphatic rings. The highest BCUT2D eigenvalue weighted by Gasteiger charge is 2.41. The zero-order valence-corrected chi connectivity index (χ0v) is 24.0. The van der Waals surface area contributed by atoms with Crippen LogP contribution in [0, 0.1) is 18.3 Å². The van der Waals surface area contributed by atoms with Gasteiger partial charge < -0.3 is 14.5 Å². The summed E-state index contributed by atoms with van der Waals surface area (Å²) in [6, 6.07) is 20.5. The zero-order chi connectivity index (χ0) is 28.7. The van der Waals surface area contributed by atoms with E-state index in [0.29, 0.717) is 56.4 Å². The van der Waals surface area contributed by atoms with Gasteiger partial charge in [0.1, 0.15) is 17.5 Å². The Labute approximate surface area is 241 Å². The highest BCUT2D eigenvalue weighted by Crippen LogP contribution is 2.44. The van der Waals surface area contributed by atoms with Crippen molar-refractivity contribution in [2.45, 2.75) is 63.4 Å². The molecule has 7 nitrogen and oxygen atoms in total. The van der Waals surface area contributed by atoms with Gasteiger partial charge in [0.25, 0.3) is 11.8 Å². The van der Waals surface area contributed by atoms with Crippen molar-refractivity contribution in [1.82, 2.24) is 14.8 Å². The Morgan fingerprint density at radius 1 is 1.02 bits per heavy atom. The smallest absolute Gasteiger partial charge is 0.272 e. The first-order valence-electron chi connectivity index (χ1n) is 14.6.